The van der Waals surface area contributed by atoms with Crippen molar-refractivity contribution in [3.63, 3.8) is 0 Å². The van der Waals surface area contributed by atoms with Gasteiger partial charge >= 0.3 is 0 Å². The van der Waals surface area contributed by atoms with Gasteiger partial charge in [0.05, 0.1) is 6.20 Å². The van der Waals surface area contributed by atoms with Gasteiger partial charge in [0.15, 0.2) is 5.65 Å². The molecule has 3 rings (SSSR count). The van der Waals surface area contributed by atoms with Crippen LogP contribution in [-0.4, -0.2) is 57.6 Å². The molecule has 3 heterocycles. The molecule has 2 aromatic rings. The van der Waals surface area contributed by atoms with Crippen molar-refractivity contribution in [1.29, 1.82) is 0 Å². The third-order valence-electron chi connectivity index (χ3n) is 4.26. The summed E-state index contributed by atoms with van der Waals surface area (Å²) in [5.74, 6) is 0.347. The smallest absolute Gasteiger partial charge is 0.254 e. The summed E-state index contributed by atoms with van der Waals surface area (Å²) in [7, 11) is 2.14. The van der Waals surface area contributed by atoms with Gasteiger partial charge in [-0.2, -0.15) is 5.10 Å². The zero-order valence-electron chi connectivity index (χ0n) is 12.6. The summed E-state index contributed by atoms with van der Waals surface area (Å²) in [5.41, 5.74) is 6.31. The highest BCUT2D eigenvalue weighted by Gasteiger charge is 2.31. The van der Waals surface area contributed by atoms with Gasteiger partial charge in [0.1, 0.15) is 11.4 Å². The molecule has 0 saturated carbocycles. The number of aromatic nitrogens is 3. The molecule has 0 radical (unpaired) electrons. The van der Waals surface area contributed by atoms with Crippen LogP contribution in [0.15, 0.2) is 18.5 Å². The van der Waals surface area contributed by atoms with E-state index in [4.69, 9.17) is 5.73 Å². The van der Waals surface area contributed by atoms with Crippen molar-refractivity contribution in [1.82, 2.24) is 19.5 Å². The predicted octanol–water partition coefficient (Wildman–Crippen LogP) is 0.359. The maximum Gasteiger partial charge on any atom is 0.254 e. The normalized spacial score (nSPS) is 19.1. The minimum Gasteiger partial charge on any atom is -0.365 e. The molecule has 2 aromatic heterocycles. The van der Waals surface area contributed by atoms with Crippen LogP contribution in [0.2, 0.25) is 0 Å². The van der Waals surface area contributed by atoms with Crippen LogP contribution in [0.1, 0.15) is 24.2 Å². The van der Waals surface area contributed by atoms with Gasteiger partial charge in [-0.25, -0.2) is 9.50 Å². The third kappa shape index (κ3) is 2.33. The Hall–Kier alpha value is -2.15. The number of amides is 1. The standard InChI is InChI=1S/C14H20N6O/c1-14(2)9-19(7-6-18(14)3)11-4-5-20-13(17-11)10(8-16-20)12(15)21/h4-5,8H,6-7,9H2,1-3H3,(H2,15,21). The molecule has 1 aliphatic heterocycles. The molecule has 1 fully saturated rings. The second kappa shape index (κ2) is 4.70. The van der Waals surface area contributed by atoms with E-state index in [0.29, 0.717) is 11.2 Å². The van der Waals surface area contributed by atoms with Gasteiger partial charge in [-0.15, -0.1) is 0 Å². The molecule has 21 heavy (non-hydrogen) atoms. The fourth-order valence-electron chi connectivity index (χ4n) is 2.65. The zero-order chi connectivity index (χ0) is 15.2. The van der Waals surface area contributed by atoms with Crippen molar-refractivity contribution in [2.75, 3.05) is 31.6 Å². The number of nitrogens with two attached hydrogens (primary N) is 1. The average molecular weight is 288 g/mol. The monoisotopic (exact) mass is 288 g/mol. The number of carbonyl (C=O) groups excluding carboxylic acids is 1. The van der Waals surface area contributed by atoms with Crippen LogP contribution in [-0.2, 0) is 0 Å². The molecule has 1 amide bonds. The van der Waals surface area contributed by atoms with Crippen LogP contribution < -0.4 is 10.6 Å². The van der Waals surface area contributed by atoms with E-state index in [9.17, 15) is 4.79 Å². The lowest BCUT2D eigenvalue weighted by atomic mass is 10.00. The van der Waals surface area contributed by atoms with Crippen molar-refractivity contribution >= 4 is 17.4 Å². The first-order chi connectivity index (χ1) is 9.88. The van der Waals surface area contributed by atoms with Crippen molar-refractivity contribution in [2.45, 2.75) is 19.4 Å². The fraction of sp³-hybridized carbons (Fsp3) is 0.500. The minimum atomic E-state index is -0.506. The summed E-state index contributed by atoms with van der Waals surface area (Å²) in [5, 5.41) is 4.09. The highest BCUT2D eigenvalue weighted by molar-refractivity contribution is 5.98. The average Bonchev–Trinajstić information content (AvgIpc) is 2.84. The Kier molecular flexibility index (Phi) is 3.09. The van der Waals surface area contributed by atoms with Crippen LogP contribution in [0, 0.1) is 0 Å². The van der Waals surface area contributed by atoms with Gasteiger partial charge < -0.3 is 10.6 Å². The van der Waals surface area contributed by atoms with Gasteiger partial charge in [0, 0.05) is 31.4 Å². The number of anilines is 1. The second-order valence-electron chi connectivity index (χ2n) is 6.13. The van der Waals surface area contributed by atoms with Crippen LogP contribution in [0.5, 0.6) is 0 Å². The van der Waals surface area contributed by atoms with E-state index < -0.39 is 5.91 Å². The maximum atomic E-state index is 11.4. The molecular formula is C14H20N6O. The maximum absolute atomic E-state index is 11.4. The number of rotatable bonds is 2. The zero-order valence-corrected chi connectivity index (χ0v) is 12.6. The van der Waals surface area contributed by atoms with E-state index in [1.54, 1.807) is 4.52 Å². The number of hydrogen-bond acceptors (Lipinski definition) is 5. The second-order valence-corrected chi connectivity index (χ2v) is 6.13. The van der Waals surface area contributed by atoms with E-state index in [2.05, 4.69) is 40.8 Å². The molecular weight excluding hydrogens is 268 g/mol. The van der Waals surface area contributed by atoms with Crippen LogP contribution in [0.4, 0.5) is 5.82 Å². The van der Waals surface area contributed by atoms with Crippen LogP contribution in [0.25, 0.3) is 5.65 Å². The first-order valence-electron chi connectivity index (χ1n) is 6.99. The number of hydrogen-bond donors (Lipinski definition) is 1. The number of piperazine rings is 1. The Morgan fingerprint density at radius 3 is 2.81 bits per heavy atom. The molecule has 2 N–H and O–H groups in total. The SMILES string of the molecule is CN1CCN(c2ccn3ncc(C(N)=O)c3n2)CC1(C)C. The molecule has 0 aliphatic carbocycles. The molecule has 0 unspecified atom stereocenters. The molecule has 1 aliphatic rings. The first kappa shape index (κ1) is 13.8. The van der Waals surface area contributed by atoms with Crippen molar-refractivity contribution in [2.24, 2.45) is 5.73 Å². The van der Waals surface area contributed by atoms with Crippen molar-refractivity contribution in [3.05, 3.63) is 24.0 Å². The fourth-order valence-corrected chi connectivity index (χ4v) is 2.65. The Balaban J connectivity index is 1.97. The van der Waals surface area contributed by atoms with Crippen LogP contribution in [0.3, 0.4) is 0 Å². The van der Waals surface area contributed by atoms with E-state index >= 15 is 0 Å². The van der Waals surface area contributed by atoms with Crippen molar-refractivity contribution in [3.8, 4) is 0 Å². The van der Waals surface area contributed by atoms with E-state index in [1.165, 1.54) is 6.20 Å². The number of carbonyl (C=O) groups is 1. The van der Waals surface area contributed by atoms with Gasteiger partial charge in [-0.1, -0.05) is 0 Å². The summed E-state index contributed by atoms with van der Waals surface area (Å²) >= 11 is 0. The molecule has 112 valence electrons. The summed E-state index contributed by atoms with van der Waals surface area (Å²) in [6.07, 6.45) is 3.28. The van der Waals surface area contributed by atoms with Crippen LogP contribution >= 0.6 is 0 Å². The molecule has 0 aromatic carbocycles. The van der Waals surface area contributed by atoms with E-state index in [0.717, 1.165) is 25.5 Å². The predicted molar refractivity (Wildman–Crippen MR) is 80.4 cm³/mol. The molecule has 1 saturated heterocycles. The Bertz CT molecular complexity index is 692. The van der Waals surface area contributed by atoms with E-state index in [1.807, 2.05) is 12.3 Å². The summed E-state index contributed by atoms with van der Waals surface area (Å²) in [6, 6.07) is 1.92. The quantitative estimate of drug-likeness (QED) is 0.863. The molecule has 0 spiro atoms. The minimum absolute atomic E-state index is 0.0822. The number of nitrogens with zero attached hydrogens (tertiary/aromatic N) is 5. The topological polar surface area (TPSA) is 79.8 Å². The van der Waals surface area contributed by atoms with Gasteiger partial charge in [0.2, 0.25) is 0 Å². The Morgan fingerprint density at radius 1 is 1.38 bits per heavy atom. The summed E-state index contributed by atoms with van der Waals surface area (Å²) in [4.78, 5) is 20.6. The van der Waals surface area contributed by atoms with Gasteiger partial charge in [-0.3, -0.25) is 9.69 Å². The Morgan fingerprint density at radius 2 is 2.14 bits per heavy atom. The van der Waals surface area contributed by atoms with E-state index in [-0.39, 0.29) is 5.54 Å². The highest BCUT2D eigenvalue weighted by Crippen LogP contribution is 2.23. The lowest BCUT2D eigenvalue weighted by Gasteiger charge is -2.45. The highest BCUT2D eigenvalue weighted by atomic mass is 16.1. The number of primary amides is 1. The Labute approximate surface area is 123 Å². The van der Waals surface area contributed by atoms with Crippen molar-refractivity contribution < 1.29 is 4.79 Å². The molecule has 7 heteroatoms. The molecule has 7 nitrogen and oxygen atoms in total. The summed E-state index contributed by atoms with van der Waals surface area (Å²) in [6.45, 7) is 7.19. The van der Waals surface area contributed by atoms with Gasteiger partial charge in [-0.05, 0) is 27.0 Å². The molecule has 0 bridgehead atoms. The lowest BCUT2D eigenvalue weighted by molar-refractivity contribution is 0.100. The third-order valence-corrected chi connectivity index (χ3v) is 4.26. The molecule has 0 atom stereocenters. The van der Waals surface area contributed by atoms with Gasteiger partial charge in [0.25, 0.3) is 5.91 Å². The largest absolute Gasteiger partial charge is 0.365 e. The summed E-state index contributed by atoms with van der Waals surface area (Å²) < 4.78 is 1.57. The lowest BCUT2D eigenvalue weighted by Crippen LogP contribution is -2.57. The number of likely N-dealkylation sites (N-methyl/N-ethyl adjacent to an activating group) is 1. The first-order valence-corrected chi connectivity index (χ1v) is 6.99. The number of fused-ring (bicyclic) bond motifs is 1.